The summed E-state index contributed by atoms with van der Waals surface area (Å²) in [5.74, 6) is 7.13. The van der Waals surface area contributed by atoms with Gasteiger partial charge in [-0.2, -0.15) is 0 Å². The van der Waals surface area contributed by atoms with Crippen LogP contribution in [0.1, 0.15) is 58.8 Å². The van der Waals surface area contributed by atoms with Gasteiger partial charge in [0.2, 0.25) is 0 Å². The minimum Gasteiger partial charge on any atom is -0.494 e. The molecule has 0 aliphatic carbocycles. The molecule has 0 unspecified atom stereocenters. The van der Waals surface area contributed by atoms with Gasteiger partial charge in [-0.3, -0.25) is 0 Å². The molecule has 2 aromatic carbocycles. The van der Waals surface area contributed by atoms with Crippen molar-refractivity contribution in [2.24, 2.45) is 0 Å². The van der Waals surface area contributed by atoms with Crippen LogP contribution in [0.4, 0.5) is 0 Å². The highest BCUT2D eigenvalue weighted by atomic mass is 32.2. The van der Waals surface area contributed by atoms with Crippen LogP contribution < -0.4 is 9.47 Å². The summed E-state index contributed by atoms with van der Waals surface area (Å²) in [6.07, 6.45) is 7.25. The van der Waals surface area contributed by atoms with Gasteiger partial charge in [-0.05, 0) is 96.9 Å². The van der Waals surface area contributed by atoms with Gasteiger partial charge in [-0.25, -0.2) is 0 Å². The fraction of sp³-hybridized carbons (Fsp3) is 0.538. The maximum Gasteiger partial charge on any atom is 0.119 e. The molecule has 2 heterocycles. The molecule has 32 heavy (non-hydrogen) atoms. The lowest BCUT2D eigenvalue weighted by Crippen LogP contribution is -2.02. The fourth-order valence-corrected chi connectivity index (χ4v) is 9.53. The summed E-state index contributed by atoms with van der Waals surface area (Å²) in [7, 11) is 0. The Morgan fingerprint density at radius 2 is 0.906 bits per heavy atom. The maximum absolute atomic E-state index is 5.94. The second kappa shape index (κ2) is 14.0. The lowest BCUT2D eigenvalue weighted by Gasteiger charge is -2.21. The van der Waals surface area contributed by atoms with Crippen molar-refractivity contribution in [2.75, 3.05) is 36.2 Å². The van der Waals surface area contributed by atoms with E-state index in [1.807, 2.05) is 0 Å². The van der Waals surface area contributed by atoms with Gasteiger partial charge in [0.05, 0.1) is 22.4 Å². The van der Waals surface area contributed by atoms with E-state index in [9.17, 15) is 0 Å². The topological polar surface area (TPSA) is 18.5 Å². The molecule has 6 heteroatoms. The van der Waals surface area contributed by atoms with Crippen LogP contribution in [0.3, 0.4) is 0 Å². The van der Waals surface area contributed by atoms with Gasteiger partial charge < -0.3 is 9.47 Å². The van der Waals surface area contributed by atoms with Crippen molar-refractivity contribution in [1.29, 1.82) is 0 Å². The first-order valence-electron chi connectivity index (χ1n) is 11.8. The normalized spacial score (nSPS) is 17.9. The molecule has 0 saturated carbocycles. The molecule has 2 fully saturated rings. The molecule has 2 aliphatic rings. The van der Waals surface area contributed by atoms with E-state index in [0.717, 1.165) is 37.6 Å². The molecule has 2 aromatic rings. The number of hydrogen-bond donors (Lipinski definition) is 0. The van der Waals surface area contributed by atoms with Gasteiger partial charge in [0.1, 0.15) is 11.5 Å². The van der Waals surface area contributed by atoms with E-state index in [4.69, 9.17) is 9.47 Å². The zero-order chi connectivity index (χ0) is 21.8. The van der Waals surface area contributed by atoms with Crippen molar-refractivity contribution in [1.82, 2.24) is 0 Å². The lowest BCUT2D eigenvalue weighted by molar-refractivity contribution is 0.287. The third-order valence-corrected chi connectivity index (χ3v) is 11.6. The molecule has 0 aromatic heterocycles. The van der Waals surface area contributed by atoms with Crippen LogP contribution in [0.25, 0.3) is 0 Å². The van der Waals surface area contributed by atoms with Gasteiger partial charge >= 0.3 is 0 Å². The van der Waals surface area contributed by atoms with E-state index < -0.39 is 0 Å². The average Bonchev–Trinajstić information content (AvgIpc) is 2.87. The standard InChI is InChI=1S/C26H34O2S4/c1(3-15-27-23-11-7-21(8-12-23)25-29-17-5-18-30-25)2-4-16-28-24-13-9-22(10-14-24)26-31-19-6-20-32-26/h7-14,25-26H,1-6,15-20H2. The molecule has 0 spiro atoms. The molecular weight excluding hydrogens is 473 g/mol. The number of ether oxygens (including phenoxy) is 2. The van der Waals surface area contributed by atoms with Crippen molar-refractivity contribution >= 4 is 47.0 Å². The lowest BCUT2D eigenvalue weighted by atomic mass is 10.2. The van der Waals surface area contributed by atoms with E-state index in [1.54, 1.807) is 0 Å². The second-order valence-electron chi connectivity index (χ2n) is 8.10. The number of unbranched alkanes of at least 4 members (excludes halogenated alkanes) is 3. The molecule has 2 nitrogen and oxygen atoms in total. The Bertz CT molecular complexity index is 702. The summed E-state index contributed by atoms with van der Waals surface area (Å²) in [5, 5.41) is 0. The van der Waals surface area contributed by atoms with Crippen LogP contribution in [0.15, 0.2) is 48.5 Å². The largest absolute Gasteiger partial charge is 0.494 e. The molecule has 4 rings (SSSR count). The number of benzene rings is 2. The van der Waals surface area contributed by atoms with Crippen LogP contribution >= 0.6 is 47.0 Å². The Kier molecular flexibility index (Phi) is 10.7. The summed E-state index contributed by atoms with van der Waals surface area (Å²) in [5.41, 5.74) is 2.85. The summed E-state index contributed by atoms with van der Waals surface area (Å²) in [6.45, 7) is 1.59. The van der Waals surface area contributed by atoms with Crippen LogP contribution in [0.2, 0.25) is 0 Å². The average molecular weight is 507 g/mol. The highest BCUT2D eigenvalue weighted by molar-refractivity contribution is 8.17. The van der Waals surface area contributed by atoms with E-state index in [1.165, 1.54) is 59.8 Å². The molecule has 0 amide bonds. The number of thioether (sulfide) groups is 4. The molecule has 2 aliphatic heterocycles. The Morgan fingerprint density at radius 3 is 1.28 bits per heavy atom. The third-order valence-electron chi connectivity index (χ3n) is 5.53. The van der Waals surface area contributed by atoms with E-state index in [-0.39, 0.29) is 0 Å². The van der Waals surface area contributed by atoms with Crippen molar-refractivity contribution in [3.8, 4) is 11.5 Å². The van der Waals surface area contributed by atoms with E-state index in [0.29, 0.717) is 9.16 Å². The van der Waals surface area contributed by atoms with Crippen LogP contribution in [-0.2, 0) is 0 Å². The SMILES string of the molecule is c1cc(C2SCCCS2)ccc1OCCCCCCOc1ccc(C2SCCCS2)cc1. The Morgan fingerprint density at radius 1 is 0.531 bits per heavy atom. The highest BCUT2D eigenvalue weighted by Crippen LogP contribution is 2.44. The number of rotatable bonds is 11. The van der Waals surface area contributed by atoms with Gasteiger partial charge in [0.15, 0.2) is 0 Å². The van der Waals surface area contributed by atoms with Crippen LogP contribution in [0, 0.1) is 0 Å². The quantitative estimate of drug-likeness (QED) is 0.283. The first-order chi connectivity index (χ1) is 15.9. The van der Waals surface area contributed by atoms with Crippen molar-refractivity contribution in [2.45, 2.75) is 47.7 Å². The summed E-state index contributed by atoms with van der Waals surface area (Å²) in [4.78, 5) is 0. The van der Waals surface area contributed by atoms with Crippen molar-refractivity contribution in [3.63, 3.8) is 0 Å². The molecule has 0 bridgehead atoms. The molecule has 2 saturated heterocycles. The number of hydrogen-bond acceptors (Lipinski definition) is 6. The predicted molar refractivity (Wildman–Crippen MR) is 147 cm³/mol. The minimum atomic E-state index is 0.604. The Balaban J connectivity index is 1.04. The molecular formula is C26H34O2S4. The summed E-state index contributed by atoms with van der Waals surface area (Å²) >= 11 is 8.27. The third kappa shape index (κ3) is 8.03. The zero-order valence-corrected chi connectivity index (χ0v) is 22.0. The highest BCUT2D eigenvalue weighted by Gasteiger charge is 2.17. The fourth-order valence-electron chi connectivity index (χ4n) is 3.74. The maximum atomic E-state index is 5.94. The first-order valence-corrected chi connectivity index (χ1v) is 16.0. The van der Waals surface area contributed by atoms with E-state index >= 15 is 0 Å². The molecule has 0 atom stereocenters. The summed E-state index contributed by atoms with van der Waals surface area (Å²) < 4.78 is 13.1. The minimum absolute atomic E-state index is 0.604. The van der Waals surface area contributed by atoms with Crippen LogP contribution in [0.5, 0.6) is 11.5 Å². The Hall–Kier alpha value is -0.560. The van der Waals surface area contributed by atoms with Gasteiger partial charge in [-0.15, -0.1) is 47.0 Å². The molecule has 174 valence electrons. The molecule has 0 radical (unpaired) electrons. The monoisotopic (exact) mass is 506 g/mol. The van der Waals surface area contributed by atoms with Crippen molar-refractivity contribution < 1.29 is 9.47 Å². The van der Waals surface area contributed by atoms with Gasteiger partial charge in [0, 0.05) is 0 Å². The van der Waals surface area contributed by atoms with Gasteiger partial charge in [-0.1, -0.05) is 24.3 Å². The molecule has 0 N–H and O–H groups in total. The predicted octanol–water partition coefficient (Wildman–Crippen LogP) is 8.44. The Labute approximate surface area is 210 Å². The summed E-state index contributed by atoms with van der Waals surface area (Å²) in [6, 6.07) is 17.5. The zero-order valence-electron chi connectivity index (χ0n) is 18.7. The van der Waals surface area contributed by atoms with E-state index in [2.05, 4.69) is 95.6 Å². The second-order valence-corrected chi connectivity index (χ2v) is 13.6. The first kappa shape index (κ1) is 24.6. The smallest absolute Gasteiger partial charge is 0.119 e. The van der Waals surface area contributed by atoms with Gasteiger partial charge in [0.25, 0.3) is 0 Å². The van der Waals surface area contributed by atoms with Crippen LogP contribution in [-0.4, -0.2) is 36.2 Å². The van der Waals surface area contributed by atoms with Crippen molar-refractivity contribution in [3.05, 3.63) is 59.7 Å².